The van der Waals surface area contributed by atoms with Crippen LogP contribution in [0.2, 0.25) is 0 Å². The number of sulfonamides is 1. The van der Waals surface area contributed by atoms with Crippen molar-refractivity contribution in [3.8, 4) is 0 Å². The highest BCUT2D eigenvalue weighted by molar-refractivity contribution is 7.89. The number of hydrogen-bond acceptors (Lipinski definition) is 5. The summed E-state index contributed by atoms with van der Waals surface area (Å²) in [6, 6.07) is -0.546. The van der Waals surface area contributed by atoms with Crippen LogP contribution in [0.15, 0.2) is 0 Å². The number of ether oxygens (including phenoxy) is 1. The van der Waals surface area contributed by atoms with Crippen molar-refractivity contribution in [2.75, 3.05) is 12.9 Å². The second-order valence-corrected chi connectivity index (χ2v) is 5.56. The zero-order chi connectivity index (χ0) is 13.5. The molecule has 0 aromatic rings. The summed E-state index contributed by atoms with van der Waals surface area (Å²) in [6.45, 7) is 1.54. The molecule has 0 radical (unpaired) electrons. The van der Waals surface area contributed by atoms with E-state index in [9.17, 15) is 18.0 Å². The van der Waals surface area contributed by atoms with Gasteiger partial charge in [-0.15, -0.1) is 0 Å². The van der Waals surface area contributed by atoms with Crippen LogP contribution >= 0.6 is 0 Å². The van der Waals surface area contributed by atoms with E-state index in [0.717, 1.165) is 0 Å². The van der Waals surface area contributed by atoms with Crippen LogP contribution in [-0.4, -0.2) is 39.2 Å². The van der Waals surface area contributed by atoms with Gasteiger partial charge in [0.2, 0.25) is 15.9 Å². The zero-order valence-electron chi connectivity index (χ0n) is 9.93. The number of hydrogen-bond donors (Lipinski definition) is 2. The molecule has 0 aromatic carbocycles. The molecule has 0 heterocycles. The van der Waals surface area contributed by atoms with E-state index >= 15 is 0 Å². The van der Waals surface area contributed by atoms with Gasteiger partial charge < -0.3 is 10.5 Å². The number of rotatable bonds is 8. The van der Waals surface area contributed by atoms with Crippen molar-refractivity contribution in [2.24, 2.45) is 5.73 Å². The highest BCUT2D eigenvalue weighted by Gasteiger charge is 2.16. The average molecular weight is 266 g/mol. The Morgan fingerprint density at radius 1 is 1.41 bits per heavy atom. The fourth-order valence-electron chi connectivity index (χ4n) is 1.22. The molecule has 8 heteroatoms. The van der Waals surface area contributed by atoms with Gasteiger partial charge >= 0.3 is 5.97 Å². The molecule has 0 bridgehead atoms. The number of carbonyl (C=O) groups is 2. The van der Waals surface area contributed by atoms with Gasteiger partial charge in [0.25, 0.3) is 0 Å². The van der Waals surface area contributed by atoms with Gasteiger partial charge in [-0.3, -0.25) is 9.59 Å². The summed E-state index contributed by atoms with van der Waals surface area (Å²) in [5.41, 5.74) is 4.94. The van der Waals surface area contributed by atoms with E-state index in [4.69, 9.17) is 5.73 Å². The van der Waals surface area contributed by atoms with Crippen molar-refractivity contribution in [2.45, 2.75) is 32.2 Å². The molecule has 0 spiro atoms. The van der Waals surface area contributed by atoms with Crippen molar-refractivity contribution < 1.29 is 22.7 Å². The van der Waals surface area contributed by atoms with E-state index in [1.54, 1.807) is 6.92 Å². The molecule has 7 nitrogen and oxygen atoms in total. The quantitative estimate of drug-likeness (QED) is 0.554. The van der Waals surface area contributed by atoms with Crippen LogP contribution in [0.1, 0.15) is 26.2 Å². The summed E-state index contributed by atoms with van der Waals surface area (Å²) in [6.07, 6.45) is 0.156. The summed E-state index contributed by atoms with van der Waals surface area (Å²) < 4.78 is 29.6. The first-order chi connectivity index (χ1) is 7.76. The first-order valence-corrected chi connectivity index (χ1v) is 6.77. The van der Waals surface area contributed by atoms with Gasteiger partial charge in [-0.25, -0.2) is 13.1 Å². The Labute approximate surface area is 101 Å². The summed E-state index contributed by atoms with van der Waals surface area (Å²) in [4.78, 5) is 21.3. The fraction of sp³-hybridized carbons (Fsp3) is 0.778. The molecule has 3 N–H and O–H groups in total. The van der Waals surface area contributed by atoms with Crippen molar-refractivity contribution in [3.63, 3.8) is 0 Å². The SMILES string of the molecule is COC(=O)CCCS(=O)(=O)NC(C)CC(N)=O. The van der Waals surface area contributed by atoms with Crippen molar-refractivity contribution in [1.82, 2.24) is 4.72 Å². The lowest BCUT2D eigenvalue weighted by Gasteiger charge is -2.12. The van der Waals surface area contributed by atoms with Crippen LogP contribution < -0.4 is 10.5 Å². The molecule has 17 heavy (non-hydrogen) atoms. The molecular formula is C9H18N2O5S. The highest BCUT2D eigenvalue weighted by atomic mass is 32.2. The topological polar surface area (TPSA) is 116 Å². The third-order valence-electron chi connectivity index (χ3n) is 1.91. The molecule has 0 aliphatic carbocycles. The van der Waals surface area contributed by atoms with Crippen molar-refractivity contribution in [3.05, 3.63) is 0 Å². The Morgan fingerprint density at radius 3 is 2.47 bits per heavy atom. The molecular weight excluding hydrogens is 248 g/mol. The fourth-order valence-corrected chi connectivity index (χ4v) is 2.56. The number of amides is 1. The number of methoxy groups -OCH3 is 1. The smallest absolute Gasteiger partial charge is 0.305 e. The number of nitrogens with two attached hydrogens (primary N) is 1. The molecule has 0 aliphatic heterocycles. The van der Waals surface area contributed by atoms with E-state index < -0.39 is 27.9 Å². The zero-order valence-corrected chi connectivity index (χ0v) is 10.7. The van der Waals surface area contributed by atoms with Crippen LogP contribution in [0.25, 0.3) is 0 Å². The minimum absolute atomic E-state index is 0.0433. The first kappa shape index (κ1) is 15.9. The summed E-state index contributed by atoms with van der Waals surface area (Å²) in [5, 5.41) is 0. The Hall–Kier alpha value is -1.15. The highest BCUT2D eigenvalue weighted by Crippen LogP contribution is 1.99. The number of nitrogens with one attached hydrogen (secondary N) is 1. The normalized spacial score (nSPS) is 13.1. The van der Waals surface area contributed by atoms with Crippen LogP contribution in [0.3, 0.4) is 0 Å². The molecule has 0 fully saturated rings. The van der Waals surface area contributed by atoms with Gasteiger partial charge in [-0.1, -0.05) is 0 Å². The predicted molar refractivity (Wildman–Crippen MR) is 61.4 cm³/mol. The monoisotopic (exact) mass is 266 g/mol. The third kappa shape index (κ3) is 8.64. The maximum atomic E-state index is 11.5. The number of primary amides is 1. The van der Waals surface area contributed by atoms with E-state index in [1.807, 2.05) is 0 Å². The summed E-state index contributed by atoms with van der Waals surface area (Å²) >= 11 is 0. The predicted octanol–water partition coefficient (Wildman–Crippen LogP) is -0.877. The van der Waals surface area contributed by atoms with Gasteiger partial charge in [-0.2, -0.15) is 0 Å². The van der Waals surface area contributed by atoms with E-state index in [0.29, 0.717) is 0 Å². The van der Waals surface area contributed by atoms with Crippen LogP contribution in [0.5, 0.6) is 0 Å². The maximum Gasteiger partial charge on any atom is 0.305 e. The van der Waals surface area contributed by atoms with Gasteiger partial charge in [0.15, 0.2) is 0 Å². The molecule has 1 amide bonds. The lowest BCUT2D eigenvalue weighted by atomic mass is 10.2. The Balaban J connectivity index is 4.03. The lowest BCUT2D eigenvalue weighted by molar-refractivity contribution is -0.140. The summed E-state index contributed by atoms with van der Waals surface area (Å²) in [7, 11) is -2.26. The second kappa shape index (κ2) is 7.23. The van der Waals surface area contributed by atoms with Gasteiger partial charge in [-0.05, 0) is 13.3 Å². The van der Waals surface area contributed by atoms with Crippen molar-refractivity contribution in [1.29, 1.82) is 0 Å². The molecule has 0 saturated heterocycles. The molecule has 0 rings (SSSR count). The molecule has 0 aromatic heterocycles. The van der Waals surface area contributed by atoms with E-state index in [1.165, 1.54) is 7.11 Å². The standard InChI is InChI=1S/C9H18N2O5S/c1-7(6-8(10)12)11-17(14,15)5-3-4-9(13)16-2/h7,11H,3-6H2,1-2H3,(H2,10,12). The van der Waals surface area contributed by atoms with Gasteiger partial charge in [0, 0.05) is 18.9 Å². The Kier molecular flexibility index (Phi) is 6.74. The van der Waals surface area contributed by atoms with E-state index in [-0.39, 0.29) is 25.0 Å². The second-order valence-electron chi connectivity index (χ2n) is 3.69. The number of esters is 1. The number of carbonyl (C=O) groups excluding carboxylic acids is 2. The molecule has 0 saturated carbocycles. The largest absolute Gasteiger partial charge is 0.469 e. The molecule has 1 unspecified atom stereocenters. The Morgan fingerprint density at radius 2 is 2.00 bits per heavy atom. The summed E-state index contributed by atoms with van der Waals surface area (Å²) in [5.74, 6) is -1.22. The first-order valence-electron chi connectivity index (χ1n) is 5.12. The van der Waals surface area contributed by atoms with Gasteiger partial charge in [0.1, 0.15) is 0 Å². The van der Waals surface area contributed by atoms with Gasteiger partial charge in [0.05, 0.1) is 12.9 Å². The van der Waals surface area contributed by atoms with Crippen LogP contribution in [0.4, 0.5) is 0 Å². The lowest BCUT2D eigenvalue weighted by Crippen LogP contribution is -2.37. The molecule has 1 atom stereocenters. The minimum Gasteiger partial charge on any atom is -0.469 e. The van der Waals surface area contributed by atoms with Crippen molar-refractivity contribution >= 4 is 21.9 Å². The van der Waals surface area contributed by atoms with Crippen LogP contribution in [0, 0.1) is 0 Å². The maximum absolute atomic E-state index is 11.5. The minimum atomic E-state index is -3.50. The van der Waals surface area contributed by atoms with Crippen LogP contribution in [-0.2, 0) is 24.3 Å². The third-order valence-corrected chi connectivity index (χ3v) is 3.50. The van der Waals surface area contributed by atoms with E-state index in [2.05, 4.69) is 9.46 Å². The Bertz CT molecular complexity index is 366. The average Bonchev–Trinajstić information content (AvgIpc) is 2.14. The molecule has 100 valence electrons. The molecule has 0 aliphatic rings.